The molecule has 1 heterocycles. The molecule has 83 valence electrons. The largest absolute Gasteiger partial charge is 0.464 e. The smallest absolute Gasteiger partial charge is 0.252 e. The molecule has 0 saturated heterocycles. The highest BCUT2D eigenvalue weighted by Crippen LogP contribution is 2.19. The van der Waals surface area contributed by atoms with Gasteiger partial charge in [-0.3, -0.25) is 4.79 Å². The summed E-state index contributed by atoms with van der Waals surface area (Å²) >= 11 is 0. The maximum Gasteiger partial charge on any atom is 0.252 e. The van der Waals surface area contributed by atoms with Crippen molar-refractivity contribution in [1.29, 1.82) is 0 Å². The van der Waals surface area contributed by atoms with Crippen molar-refractivity contribution in [2.75, 3.05) is 6.54 Å². The van der Waals surface area contributed by atoms with E-state index < -0.39 is 0 Å². The lowest BCUT2D eigenvalue weighted by Gasteiger charge is -2.07. The molecule has 1 atom stereocenters. The highest BCUT2D eigenvalue weighted by molar-refractivity contribution is 6.05. The van der Waals surface area contributed by atoms with Crippen LogP contribution in [0.4, 0.5) is 0 Å². The minimum Gasteiger partial charge on any atom is -0.464 e. The van der Waals surface area contributed by atoms with Gasteiger partial charge in [-0.1, -0.05) is 13.0 Å². The predicted octanol–water partition coefficient (Wildman–Crippen LogP) is 2.63. The van der Waals surface area contributed by atoms with E-state index in [4.69, 9.17) is 4.42 Å². The molecule has 1 aromatic carbocycles. The number of nitrogens with one attached hydrogen (secondary N) is 1. The van der Waals surface area contributed by atoms with Crippen molar-refractivity contribution >= 4 is 16.9 Å². The predicted molar refractivity (Wildman–Crippen MR) is 63.1 cm³/mol. The van der Waals surface area contributed by atoms with Crippen molar-refractivity contribution < 1.29 is 9.21 Å². The van der Waals surface area contributed by atoms with Crippen LogP contribution in [0.2, 0.25) is 0 Å². The molecular formula is C13H14NO2. The van der Waals surface area contributed by atoms with E-state index in [1.807, 2.05) is 19.1 Å². The van der Waals surface area contributed by atoms with Crippen molar-refractivity contribution in [3.8, 4) is 0 Å². The average Bonchev–Trinajstić information content (AvgIpc) is 2.73. The molecule has 0 spiro atoms. The summed E-state index contributed by atoms with van der Waals surface area (Å²) < 4.78 is 5.24. The van der Waals surface area contributed by atoms with Crippen molar-refractivity contribution in [2.24, 2.45) is 5.92 Å². The Bertz CT molecular complexity index is 499. The summed E-state index contributed by atoms with van der Waals surface area (Å²) in [5, 5.41) is 3.68. The van der Waals surface area contributed by atoms with Crippen LogP contribution in [0, 0.1) is 12.8 Å². The lowest BCUT2D eigenvalue weighted by atomic mass is 10.1. The summed E-state index contributed by atoms with van der Waals surface area (Å²) in [7, 11) is 0. The fraction of sp³-hybridized carbons (Fsp3) is 0.231. The number of fused-ring (bicyclic) bond motifs is 1. The van der Waals surface area contributed by atoms with Crippen LogP contribution in [0.1, 0.15) is 17.3 Å². The van der Waals surface area contributed by atoms with Crippen molar-refractivity contribution in [2.45, 2.75) is 6.92 Å². The molecule has 0 saturated carbocycles. The van der Waals surface area contributed by atoms with Gasteiger partial charge in [0.15, 0.2) is 0 Å². The molecule has 1 unspecified atom stereocenters. The molecule has 0 aliphatic rings. The molecule has 16 heavy (non-hydrogen) atoms. The van der Waals surface area contributed by atoms with Gasteiger partial charge >= 0.3 is 0 Å². The molecule has 1 aromatic heterocycles. The molecule has 0 bridgehead atoms. The van der Waals surface area contributed by atoms with Gasteiger partial charge in [0, 0.05) is 11.9 Å². The Morgan fingerprint density at radius 1 is 1.50 bits per heavy atom. The molecule has 3 heteroatoms. The Labute approximate surface area is 94.4 Å². The van der Waals surface area contributed by atoms with Gasteiger partial charge in [-0.25, -0.2) is 0 Å². The second-order valence-electron chi connectivity index (χ2n) is 3.95. The minimum atomic E-state index is -0.0810. The van der Waals surface area contributed by atoms with Gasteiger partial charge in [-0.05, 0) is 31.0 Å². The molecule has 1 N–H and O–H groups in total. The SMILES string of the molecule is [CH2]C(C)CNC(=O)c1cccc2occc12. The Kier molecular flexibility index (Phi) is 2.95. The number of carbonyl (C=O) groups is 1. The zero-order chi connectivity index (χ0) is 11.5. The lowest BCUT2D eigenvalue weighted by Crippen LogP contribution is -2.27. The van der Waals surface area contributed by atoms with Gasteiger partial charge in [-0.15, -0.1) is 0 Å². The number of amides is 1. The summed E-state index contributed by atoms with van der Waals surface area (Å²) in [6.45, 7) is 6.36. The minimum absolute atomic E-state index is 0.0810. The number of carbonyl (C=O) groups excluding carboxylic acids is 1. The second-order valence-corrected chi connectivity index (χ2v) is 3.95. The zero-order valence-electron chi connectivity index (χ0n) is 9.19. The fourth-order valence-corrected chi connectivity index (χ4v) is 1.55. The molecule has 2 rings (SSSR count). The number of furan rings is 1. The summed E-state index contributed by atoms with van der Waals surface area (Å²) in [6, 6.07) is 7.25. The number of hydrogen-bond donors (Lipinski definition) is 1. The van der Waals surface area contributed by atoms with E-state index in [-0.39, 0.29) is 11.8 Å². The number of rotatable bonds is 3. The van der Waals surface area contributed by atoms with Crippen molar-refractivity contribution in [1.82, 2.24) is 5.32 Å². The topological polar surface area (TPSA) is 42.2 Å². The first kappa shape index (κ1) is 10.7. The number of hydrogen-bond acceptors (Lipinski definition) is 2. The van der Waals surface area contributed by atoms with Crippen LogP contribution in [-0.4, -0.2) is 12.5 Å². The van der Waals surface area contributed by atoms with E-state index in [1.165, 1.54) is 0 Å². The Morgan fingerprint density at radius 2 is 2.31 bits per heavy atom. The first-order valence-corrected chi connectivity index (χ1v) is 5.26. The normalized spacial score (nSPS) is 10.9. The maximum absolute atomic E-state index is 11.9. The number of benzene rings is 1. The second kappa shape index (κ2) is 4.39. The van der Waals surface area contributed by atoms with Crippen LogP contribution in [0.3, 0.4) is 0 Å². The summed E-state index contributed by atoms with van der Waals surface area (Å²) in [4.78, 5) is 11.9. The van der Waals surface area contributed by atoms with Gasteiger partial charge in [0.2, 0.25) is 0 Å². The van der Waals surface area contributed by atoms with Crippen LogP contribution >= 0.6 is 0 Å². The van der Waals surface area contributed by atoms with Gasteiger partial charge < -0.3 is 9.73 Å². The van der Waals surface area contributed by atoms with Crippen LogP contribution in [0.15, 0.2) is 34.9 Å². The molecule has 0 aliphatic heterocycles. The quantitative estimate of drug-likeness (QED) is 0.857. The zero-order valence-corrected chi connectivity index (χ0v) is 9.19. The molecule has 1 radical (unpaired) electrons. The first-order chi connectivity index (χ1) is 7.68. The third-order valence-electron chi connectivity index (χ3n) is 2.35. The van der Waals surface area contributed by atoms with Gasteiger partial charge in [0.1, 0.15) is 5.58 Å². The third kappa shape index (κ3) is 2.08. The summed E-state index contributed by atoms with van der Waals surface area (Å²) in [5.74, 6) is 0.120. The monoisotopic (exact) mass is 216 g/mol. The van der Waals surface area contributed by atoms with Gasteiger partial charge in [0.05, 0.1) is 11.8 Å². The van der Waals surface area contributed by atoms with Crippen molar-refractivity contribution in [3.05, 3.63) is 43.0 Å². The van der Waals surface area contributed by atoms with E-state index in [9.17, 15) is 4.79 Å². The highest BCUT2D eigenvalue weighted by Gasteiger charge is 2.10. The van der Waals surface area contributed by atoms with Gasteiger partial charge in [-0.2, -0.15) is 0 Å². The summed E-state index contributed by atoms with van der Waals surface area (Å²) in [6.07, 6.45) is 1.59. The lowest BCUT2D eigenvalue weighted by molar-refractivity contribution is 0.0952. The van der Waals surface area contributed by atoms with E-state index >= 15 is 0 Å². The molecule has 0 fully saturated rings. The molecule has 3 nitrogen and oxygen atoms in total. The van der Waals surface area contributed by atoms with Crippen molar-refractivity contribution in [3.63, 3.8) is 0 Å². The first-order valence-electron chi connectivity index (χ1n) is 5.26. The third-order valence-corrected chi connectivity index (χ3v) is 2.35. The fourth-order valence-electron chi connectivity index (χ4n) is 1.55. The Hall–Kier alpha value is -1.77. The average molecular weight is 216 g/mol. The Morgan fingerprint density at radius 3 is 3.06 bits per heavy atom. The van der Waals surface area contributed by atoms with E-state index in [0.717, 1.165) is 11.0 Å². The van der Waals surface area contributed by atoms with Crippen LogP contribution < -0.4 is 5.32 Å². The van der Waals surface area contributed by atoms with E-state index in [0.29, 0.717) is 12.1 Å². The molecule has 2 aromatic rings. The molecule has 1 amide bonds. The molecule has 0 aliphatic carbocycles. The van der Waals surface area contributed by atoms with Crippen LogP contribution in [0.25, 0.3) is 11.0 Å². The standard InChI is InChI=1S/C13H14NO2/c1-9(2)8-14-13(15)11-4-3-5-12-10(11)6-7-16-12/h3-7,9H,1,8H2,2H3,(H,14,15). The summed E-state index contributed by atoms with van der Waals surface area (Å²) in [5.41, 5.74) is 1.38. The maximum atomic E-state index is 11.9. The molecular weight excluding hydrogens is 202 g/mol. The van der Waals surface area contributed by atoms with Crippen LogP contribution in [0.5, 0.6) is 0 Å². The highest BCUT2D eigenvalue weighted by atomic mass is 16.3. The van der Waals surface area contributed by atoms with E-state index in [1.54, 1.807) is 18.4 Å². The van der Waals surface area contributed by atoms with Gasteiger partial charge in [0.25, 0.3) is 5.91 Å². The van der Waals surface area contributed by atoms with Crippen LogP contribution in [-0.2, 0) is 0 Å². The van der Waals surface area contributed by atoms with E-state index in [2.05, 4.69) is 12.2 Å². The Balaban J connectivity index is 2.25.